The van der Waals surface area contributed by atoms with E-state index in [0.717, 1.165) is 36.3 Å². The van der Waals surface area contributed by atoms with Gasteiger partial charge in [-0.1, -0.05) is 62.7 Å². The van der Waals surface area contributed by atoms with Gasteiger partial charge in [-0.2, -0.15) is 0 Å². The van der Waals surface area contributed by atoms with E-state index in [4.69, 9.17) is 17.3 Å². The van der Waals surface area contributed by atoms with Crippen LogP contribution >= 0.6 is 11.6 Å². The topological polar surface area (TPSA) is 41.8 Å². The second kappa shape index (κ2) is 7.46. The molecule has 0 amide bonds. The van der Waals surface area contributed by atoms with Crippen LogP contribution in [0.15, 0.2) is 36.4 Å². The van der Waals surface area contributed by atoms with Gasteiger partial charge in [-0.05, 0) is 66.5 Å². The molecule has 1 heterocycles. The van der Waals surface area contributed by atoms with E-state index < -0.39 is 0 Å². The molecular weight excluding hydrogens is 340 g/mol. The van der Waals surface area contributed by atoms with Crippen LogP contribution in [0.5, 0.6) is 0 Å². The first-order valence-electron chi connectivity index (χ1n) is 9.43. The zero-order valence-electron chi connectivity index (χ0n) is 16.2. The second-order valence-electron chi connectivity index (χ2n) is 8.17. The van der Waals surface area contributed by atoms with Crippen LogP contribution in [0.25, 0.3) is 22.2 Å². The molecule has 3 N–H and O–H groups in total. The summed E-state index contributed by atoms with van der Waals surface area (Å²) in [5.41, 5.74) is 13.3. The lowest BCUT2D eigenvalue weighted by molar-refractivity contribution is 0.590. The summed E-state index contributed by atoms with van der Waals surface area (Å²) in [5.74, 6) is 0. The van der Waals surface area contributed by atoms with Crippen molar-refractivity contribution in [1.82, 2.24) is 4.98 Å². The lowest BCUT2D eigenvalue weighted by Crippen LogP contribution is -2.10. The maximum atomic E-state index is 6.59. The molecule has 0 unspecified atom stereocenters. The molecule has 0 fully saturated rings. The molecule has 0 saturated carbocycles. The van der Waals surface area contributed by atoms with Crippen molar-refractivity contribution in [3.05, 3.63) is 58.1 Å². The Hall–Kier alpha value is -1.77. The van der Waals surface area contributed by atoms with Crippen molar-refractivity contribution in [2.75, 3.05) is 6.54 Å². The van der Waals surface area contributed by atoms with E-state index in [1.165, 1.54) is 33.3 Å². The van der Waals surface area contributed by atoms with Gasteiger partial charge in [0.05, 0.1) is 10.5 Å². The van der Waals surface area contributed by atoms with Gasteiger partial charge < -0.3 is 10.7 Å². The van der Waals surface area contributed by atoms with Gasteiger partial charge in [-0.15, -0.1) is 0 Å². The Morgan fingerprint density at radius 1 is 1.00 bits per heavy atom. The number of benzene rings is 2. The summed E-state index contributed by atoms with van der Waals surface area (Å²) in [5, 5.41) is 1.99. The number of hydrogen-bond donors (Lipinski definition) is 2. The van der Waals surface area contributed by atoms with E-state index in [2.05, 4.69) is 63.0 Å². The van der Waals surface area contributed by atoms with Gasteiger partial charge >= 0.3 is 0 Å². The number of aromatic amines is 1. The Morgan fingerprint density at radius 3 is 2.31 bits per heavy atom. The van der Waals surface area contributed by atoms with E-state index >= 15 is 0 Å². The molecule has 3 aromatic rings. The van der Waals surface area contributed by atoms with E-state index in [1.54, 1.807) is 0 Å². The largest absolute Gasteiger partial charge is 0.354 e. The van der Waals surface area contributed by atoms with Gasteiger partial charge in [0, 0.05) is 11.1 Å². The molecule has 0 bridgehead atoms. The van der Waals surface area contributed by atoms with Crippen molar-refractivity contribution in [3.8, 4) is 11.3 Å². The zero-order valence-corrected chi connectivity index (χ0v) is 17.0. The number of aromatic nitrogens is 1. The Kier molecular flexibility index (Phi) is 5.45. The van der Waals surface area contributed by atoms with Gasteiger partial charge in [0.15, 0.2) is 0 Å². The molecule has 138 valence electrons. The number of nitrogens with one attached hydrogen (secondary N) is 1. The average Bonchev–Trinajstić information content (AvgIpc) is 2.99. The first kappa shape index (κ1) is 19.0. The van der Waals surface area contributed by atoms with Crippen LogP contribution in [0.1, 0.15) is 50.3 Å². The number of aryl methyl sites for hydroxylation is 2. The van der Waals surface area contributed by atoms with Crippen molar-refractivity contribution in [3.63, 3.8) is 0 Å². The number of halogens is 1. The standard InChI is InChI=1S/C23H29ClN2/c1-15-8-13-19(24)20-18(7-5-6-14-25)22(26-21(15)20)16-9-11-17(12-10-16)23(2,3)4/h8-13,26H,5-7,14,25H2,1-4H3. The fraction of sp³-hybridized carbons (Fsp3) is 0.391. The Labute approximate surface area is 161 Å². The summed E-state index contributed by atoms with van der Waals surface area (Å²) < 4.78 is 0. The van der Waals surface area contributed by atoms with E-state index in [-0.39, 0.29) is 5.41 Å². The van der Waals surface area contributed by atoms with Crippen LogP contribution in [0.4, 0.5) is 0 Å². The Balaban J connectivity index is 2.13. The van der Waals surface area contributed by atoms with Gasteiger partial charge in [-0.3, -0.25) is 0 Å². The first-order chi connectivity index (χ1) is 12.3. The van der Waals surface area contributed by atoms with Crippen LogP contribution < -0.4 is 5.73 Å². The molecule has 0 spiro atoms. The molecule has 0 radical (unpaired) electrons. The third-order valence-corrected chi connectivity index (χ3v) is 5.45. The highest BCUT2D eigenvalue weighted by molar-refractivity contribution is 6.36. The first-order valence-corrected chi connectivity index (χ1v) is 9.81. The third-order valence-electron chi connectivity index (χ3n) is 5.14. The van der Waals surface area contributed by atoms with Crippen LogP contribution in [0, 0.1) is 6.92 Å². The number of hydrogen-bond acceptors (Lipinski definition) is 1. The number of H-pyrrole nitrogens is 1. The third kappa shape index (κ3) is 3.67. The normalized spacial score (nSPS) is 12.1. The quantitative estimate of drug-likeness (QED) is 0.504. The molecule has 0 aliphatic heterocycles. The molecular formula is C23H29ClN2. The summed E-state index contributed by atoms with van der Waals surface area (Å²) in [7, 11) is 0. The van der Waals surface area contributed by atoms with Crippen LogP contribution in [-0.2, 0) is 11.8 Å². The van der Waals surface area contributed by atoms with Crippen LogP contribution in [0.3, 0.4) is 0 Å². The van der Waals surface area contributed by atoms with Gasteiger partial charge in [0.2, 0.25) is 0 Å². The molecule has 1 aromatic heterocycles. The predicted octanol–water partition coefficient (Wildman–Crippen LogP) is 6.38. The number of nitrogens with two attached hydrogens (primary N) is 1. The monoisotopic (exact) mass is 368 g/mol. The molecule has 0 atom stereocenters. The fourth-order valence-electron chi connectivity index (χ4n) is 3.54. The fourth-order valence-corrected chi connectivity index (χ4v) is 3.81. The minimum absolute atomic E-state index is 0.156. The van der Waals surface area contributed by atoms with Crippen molar-refractivity contribution in [1.29, 1.82) is 0 Å². The van der Waals surface area contributed by atoms with Gasteiger partial charge in [0.1, 0.15) is 0 Å². The second-order valence-corrected chi connectivity index (χ2v) is 8.57. The van der Waals surface area contributed by atoms with E-state index in [0.29, 0.717) is 0 Å². The average molecular weight is 369 g/mol. The summed E-state index contributed by atoms with van der Waals surface area (Å²) in [6.45, 7) is 9.58. The molecule has 2 nitrogen and oxygen atoms in total. The number of fused-ring (bicyclic) bond motifs is 1. The number of rotatable bonds is 5. The SMILES string of the molecule is Cc1ccc(Cl)c2c(CCCCN)c(-c3ccc(C(C)(C)C)cc3)[nH]c12. The highest BCUT2D eigenvalue weighted by atomic mass is 35.5. The lowest BCUT2D eigenvalue weighted by atomic mass is 9.86. The number of unbranched alkanes of at least 4 members (excludes halogenated alkanes) is 1. The van der Waals surface area contributed by atoms with Crippen molar-refractivity contribution in [2.45, 2.75) is 52.4 Å². The van der Waals surface area contributed by atoms with Gasteiger partial charge in [0.25, 0.3) is 0 Å². The summed E-state index contributed by atoms with van der Waals surface area (Å²) >= 11 is 6.59. The molecule has 2 aromatic carbocycles. The highest BCUT2D eigenvalue weighted by Gasteiger charge is 2.18. The van der Waals surface area contributed by atoms with Gasteiger partial charge in [-0.25, -0.2) is 0 Å². The summed E-state index contributed by atoms with van der Waals surface area (Å²) in [4.78, 5) is 3.66. The van der Waals surface area contributed by atoms with Crippen LogP contribution in [0.2, 0.25) is 5.02 Å². The minimum Gasteiger partial charge on any atom is -0.354 e. The summed E-state index contributed by atoms with van der Waals surface area (Å²) in [6.07, 6.45) is 3.08. The molecule has 0 saturated heterocycles. The van der Waals surface area contributed by atoms with E-state index in [9.17, 15) is 0 Å². The zero-order chi connectivity index (χ0) is 18.9. The maximum Gasteiger partial charge on any atom is 0.0506 e. The minimum atomic E-state index is 0.156. The molecule has 0 aliphatic carbocycles. The lowest BCUT2D eigenvalue weighted by Gasteiger charge is -2.19. The molecule has 3 heteroatoms. The molecule has 26 heavy (non-hydrogen) atoms. The van der Waals surface area contributed by atoms with E-state index in [1.807, 2.05) is 6.07 Å². The van der Waals surface area contributed by atoms with Crippen molar-refractivity contribution in [2.24, 2.45) is 5.73 Å². The smallest absolute Gasteiger partial charge is 0.0506 e. The highest BCUT2D eigenvalue weighted by Crippen LogP contribution is 2.37. The van der Waals surface area contributed by atoms with Crippen molar-refractivity contribution >= 4 is 22.5 Å². The molecule has 0 aliphatic rings. The van der Waals surface area contributed by atoms with Crippen molar-refractivity contribution < 1.29 is 0 Å². The maximum absolute atomic E-state index is 6.59. The predicted molar refractivity (Wildman–Crippen MR) is 114 cm³/mol. The Bertz CT molecular complexity index is 899. The molecule has 3 rings (SSSR count). The summed E-state index contributed by atoms with van der Waals surface area (Å²) in [6, 6.07) is 13.0. The Morgan fingerprint density at radius 2 is 1.69 bits per heavy atom. The van der Waals surface area contributed by atoms with Crippen LogP contribution in [-0.4, -0.2) is 11.5 Å².